The van der Waals surface area contributed by atoms with Gasteiger partial charge >= 0.3 is 6.18 Å². The van der Waals surface area contributed by atoms with Crippen LogP contribution in [-0.2, 0) is 27.9 Å². The van der Waals surface area contributed by atoms with Crippen molar-refractivity contribution < 1.29 is 26.4 Å². The molecule has 0 aliphatic carbocycles. The highest BCUT2D eigenvalue weighted by Crippen LogP contribution is 2.39. The van der Waals surface area contributed by atoms with E-state index in [1.54, 1.807) is 5.51 Å². The summed E-state index contributed by atoms with van der Waals surface area (Å²) in [6.07, 6.45) is -3.96. The van der Waals surface area contributed by atoms with Crippen molar-refractivity contribution in [2.24, 2.45) is 5.92 Å². The number of sulfonamides is 1. The number of nitriles is 1. The van der Waals surface area contributed by atoms with E-state index in [-0.39, 0.29) is 17.3 Å². The van der Waals surface area contributed by atoms with Crippen LogP contribution in [0.4, 0.5) is 24.0 Å². The number of anilines is 2. The zero-order valence-electron chi connectivity index (χ0n) is 27.3. The van der Waals surface area contributed by atoms with Crippen molar-refractivity contribution in [3.63, 3.8) is 0 Å². The summed E-state index contributed by atoms with van der Waals surface area (Å²) in [4.78, 5) is 23.2. The average molecular weight is 707 g/mol. The molecule has 16 heteroatoms. The summed E-state index contributed by atoms with van der Waals surface area (Å²) in [5, 5.41) is 13.5. The van der Waals surface area contributed by atoms with Gasteiger partial charge in [0.05, 0.1) is 10.8 Å². The first-order valence-electron chi connectivity index (χ1n) is 16.2. The first kappa shape index (κ1) is 34.6. The number of rotatable bonds is 10. The molecule has 260 valence electrons. The molecule has 1 amide bonds. The number of halogens is 3. The molecule has 3 aliphatic rings. The maximum Gasteiger partial charge on any atom is 0.397 e. The van der Waals surface area contributed by atoms with Gasteiger partial charge in [0, 0.05) is 49.2 Å². The van der Waals surface area contributed by atoms with Gasteiger partial charge in [-0.05, 0) is 89.0 Å². The standard InChI is InChI=1S/C32H41F3N8O3S2/c1-20(40-10-7-25(8-11-40)48(45,46)37-3)15-43-24(14-36)12-26-21(2)22(4-5-27(26)43)16-41-9-6-23-17-42(18-28(23)41)30-31(47-19-38-30)39-29(44)13-32(33,34)35/h4-5,12,19-20,23,25,28,37H,6-11,13,15-18H2,1-3H3,(H,39,44). The number of nitrogens with zero attached hydrogens (tertiary/aromatic N) is 6. The first-order valence-corrected chi connectivity index (χ1v) is 18.7. The summed E-state index contributed by atoms with van der Waals surface area (Å²) in [6.45, 7) is 9.27. The number of carbonyl (C=O) groups excluding carboxylic acids is 1. The largest absolute Gasteiger partial charge is 0.397 e. The summed E-state index contributed by atoms with van der Waals surface area (Å²) >= 11 is 1.13. The highest BCUT2D eigenvalue weighted by Gasteiger charge is 2.43. The van der Waals surface area contributed by atoms with Crippen molar-refractivity contribution in [1.82, 2.24) is 24.1 Å². The molecule has 11 nitrogen and oxygen atoms in total. The Morgan fingerprint density at radius 1 is 1.19 bits per heavy atom. The van der Waals surface area contributed by atoms with Crippen LogP contribution >= 0.6 is 11.3 Å². The normalized spacial score (nSPS) is 21.9. The molecule has 48 heavy (non-hydrogen) atoms. The summed E-state index contributed by atoms with van der Waals surface area (Å²) in [6, 6.07) is 8.94. The Balaban J connectivity index is 1.12. The third-order valence-electron chi connectivity index (χ3n) is 10.3. The average Bonchev–Trinajstić information content (AvgIpc) is 3.82. The van der Waals surface area contributed by atoms with Gasteiger partial charge in [0.25, 0.3) is 0 Å². The molecule has 0 spiro atoms. The number of piperidine rings is 1. The molecule has 3 fully saturated rings. The first-order chi connectivity index (χ1) is 22.8. The van der Waals surface area contributed by atoms with Crippen LogP contribution in [0.5, 0.6) is 0 Å². The molecular formula is C32H41F3N8O3S2. The van der Waals surface area contributed by atoms with Gasteiger partial charge in [-0.3, -0.25) is 14.6 Å². The van der Waals surface area contributed by atoms with E-state index < -0.39 is 28.5 Å². The monoisotopic (exact) mass is 706 g/mol. The predicted molar refractivity (Wildman–Crippen MR) is 179 cm³/mol. The van der Waals surface area contributed by atoms with Crippen LogP contribution in [0.2, 0.25) is 0 Å². The van der Waals surface area contributed by atoms with Crippen LogP contribution < -0.4 is 14.9 Å². The number of carbonyl (C=O) groups is 1. The number of likely N-dealkylation sites (tertiary alicyclic amines) is 2. The molecular weight excluding hydrogens is 666 g/mol. The number of amides is 1. The highest BCUT2D eigenvalue weighted by molar-refractivity contribution is 7.90. The Bertz CT molecular complexity index is 1810. The summed E-state index contributed by atoms with van der Waals surface area (Å²) in [5.41, 5.74) is 5.45. The van der Waals surface area contributed by atoms with E-state index in [1.807, 2.05) is 6.07 Å². The van der Waals surface area contributed by atoms with Gasteiger partial charge in [0.2, 0.25) is 15.9 Å². The third-order valence-corrected chi connectivity index (χ3v) is 13.0. The number of hydrogen-bond acceptors (Lipinski definition) is 9. The molecule has 0 bridgehead atoms. The number of nitrogens with one attached hydrogen (secondary N) is 2. The van der Waals surface area contributed by atoms with Gasteiger partial charge in [0.1, 0.15) is 23.2 Å². The van der Waals surface area contributed by atoms with E-state index in [2.05, 4.69) is 66.3 Å². The highest BCUT2D eigenvalue weighted by atomic mass is 32.2. The minimum Gasteiger partial charge on any atom is -0.352 e. The minimum absolute atomic E-state index is 0.119. The number of benzene rings is 1. The molecule has 3 atom stereocenters. The quantitative estimate of drug-likeness (QED) is 0.320. The molecule has 1 aromatic carbocycles. The molecule has 3 unspecified atom stereocenters. The SMILES string of the molecule is CNS(=O)(=O)C1CCN(C(C)Cn2c(C#N)cc3c(C)c(CN4CCC5CN(c6ncsc6NC(=O)CC(F)(F)F)CC54)ccc32)CC1. The topological polar surface area (TPSA) is 127 Å². The van der Waals surface area contributed by atoms with E-state index in [0.717, 1.165) is 53.9 Å². The van der Waals surface area contributed by atoms with Crippen LogP contribution in [0.25, 0.3) is 10.9 Å². The van der Waals surface area contributed by atoms with Crippen molar-refractivity contribution in [2.45, 2.75) is 76.1 Å². The van der Waals surface area contributed by atoms with Gasteiger partial charge in [0.15, 0.2) is 5.82 Å². The molecule has 3 saturated heterocycles. The smallest absolute Gasteiger partial charge is 0.352 e. The fraction of sp³-hybridized carbons (Fsp3) is 0.594. The maximum atomic E-state index is 12.7. The van der Waals surface area contributed by atoms with Gasteiger partial charge in [-0.2, -0.15) is 18.4 Å². The Morgan fingerprint density at radius 2 is 1.94 bits per heavy atom. The van der Waals surface area contributed by atoms with E-state index in [4.69, 9.17) is 0 Å². The van der Waals surface area contributed by atoms with Crippen LogP contribution in [0.3, 0.4) is 0 Å². The fourth-order valence-electron chi connectivity index (χ4n) is 7.70. The number of hydrogen-bond donors (Lipinski definition) is 2. The van der Waals surface area contributed by atoms with Gasteiger partial charge in [-0.25, -0.2) is 18.1 Å². The van der Waals surface area contributed by atoms with E-state index in [0.29, 0.717) is 61.5 Å². The zero-order chi connectivity index (χ0) is 34.4. The number of aryl methyl sites for hydroxylation is 1. The predicted octanol–water partition coefficient (Wildman–Crippen LogP) is 4.28. The van der Waals surface area contributed by atoms with Crippen molar-refractivity contribution in [3.05, 3.63) is 40.5 Å². The second-order valence-electron chi connectivity index (χ2n) is 13.2. The van der Waals surface area contributed by atoms with Gasteiger partial charge in [-0.1, -0.05) is 6.07 Å². The van der Waals surface area contributed by atoms with Crippen molar-refractivity contribution >= 4 is 49.0 Å². The Hall–Kier alpha value is -3.23. The zero-order valence-corrected chi connectivity index (χ0v) is 28.9. The lowest BCUT2D eigenvalue weighted by atomic mass is 10.0. The Morgan fingerprint density at radius 3 is 2.62 bits per heavy atom. The lowest BCUT2D eigenvalue weighted by Gasteiger charge is -2.36. The number of thiazole rings is 1. The Kier molecular flexibility index (Phi) is 9.80. The fourth-order valence-corrected chi connectivity index (χ4v) is 9.58. The molecule has 2 N–H and O–H groups in total. The summed E-state index contributed by atoms with van der Waals surface area (Å²) < 4.78 is 67.2. The lowest BCUT2D eigenvalue weighted by molar-refractivity contribution is -0.150. The minimum atomic E-state index is -4.57. The van der Waals surface area contributed by atoms with E-state index in [1.165, 1.54) is 12.6 Å². The van der Waals surface area contributed by atoms with E-state index >= 15 is 0 Å². The van der Waals surface area contributed by atoms with Crippen molar-refractivity contribution in [2.75, 3.05) is 50.0 Å². The lowest BCUT2D eigenvalue weighted by Crippen LogP contribution is -2.46. The molecule has 0 radical (unpaired) electrons. The van der Waals surface area contributed by atoms with Crippen LogP contribution in [-0.4, -0.2) is 97.0 Å². The second-order valence-corrected chi connectivity index (χ2v) is 16.2. The number of alkyl halides is 3. The summed E-state index contributed by atoms with van der Waals surface area (Å²) in [5.74, 6) is -0.190. The van der Waals surface area contributed by atoms with Gasteiger partial charge in [-0.15, -0.1) is 11.3 Å². The molecule has 6 rings (SSSR count). The number of fused-ring (bicyclic) bond motifs is 2. The third kappa shape index (κ3) is 7.07. The second kappa shape index (κ2) is 13.6. The molecule has 5 heterocycles. The van der Waals surface area contributed by atoms with Gasteiger partial charge < -0.3 is 14.8 Å². The molecule has 0 saturated carbocycles. The van der Waals surface area contributed by atoms with Crippen molar-refractivity contribution in [1.29, 1.82) is 5.26 Å². The maximum absolute atomic E-state index is 12.7. The Labute approximate surface area is 282 Å². The number of aromatic nitrogens is 2. The van der Waals surface area contributed by atoms with Crippen LogP contribution in [0.15, 0.2) is 23.7 Å². The molecule has 3 aromatic rings. The van der Waals surface area contributed by atoms with Crippen LogP contribution in [0.1, 0.15) is 49.4 Å². The molecule has 3 aliphatic heterocycles. The van der Waals surface area contributed by atoms with Crippen molar-refractivity contribution in [3.8, 4) is 6.07 Å². The van der Waals surface area contributed by atoms with Crippen LogP contribution in [0, 0.1) is 24.2 Å². The van der Waals surface area contributed by atoms with E-state index in [9.17, 15) is 31.6 Å². The molecule has 2 aromatic heterocycles. The summed E-state index contributed by atoms with van der Waals surface area (Å²) in [7, 11) is -1.83.